The molecule has 146 valence electrons. The van der Waals surface area contributed by atoms with Gasteiger partial charge < -0.3 is 15.4 Å². The summed E-state index contributed by atoms with van der Waals surface area (Å²) in [5, 5.41) is 22.2. The maximum atomic E-state index is 14.0. The van der Waals surface area contributed by atoms with Crippen LogP contribution in [0.3, 0.4) is 0 Å². The average Bonchev–Trinajstić information content (AvgIpc) is 2.67. The molecule has 6 nitrogen and oxygen atoms in total. The Morgan fingerprint density at radius 3 is 2.43 bits per heavy atom. The fraction of sp³-hybridized carbons (Fsp3) is 0.158. The average molecular weight is 405 g/mol. The van der Waals surface area contributed by atoms with Crippen molar-refractivity contribution in [1.29, 1.82) is 0 Å². The molecule has 0 aromatic heterocycles. The first-order valence-corrected chi connectivity index (χ1v) is 8.78. The van der Waals surface area contributed by atoms with Crippen LogP contribution >= 0.6 is 11.6 Å². The van der Waals surface area contributed by atoms with E-state index in [1.165, 1.54) is 18.2 Å². The number of hydrogen-bond donors (Lipinski definition) is 3. The van der Waals surface area contributed by atoms with Gasteiger partial charge in [0.1, 0.15) is 12.4 Å². The van der Waals surface area contributed by atoms with E-state index in [1.807, 2.05) is 0 Å². The van der Waals surface area contributed by atoms with Crippen molar-refractivity contribution in [2.24, 2.45) is 0 Å². The van der Waals surface area contributed by atoms with Crippen molar-refractivity contribution >= 4 is 36.2 Å². The van der Waals surface area contributed by atoms with Crippen LogP contribution in [0.5, 0.6) is 0 Å². The summed E-state index contributed by atoms with van der Waals surface area (Å²) >= 11 is 5.82. The third-order valence-corrected chi connectivity index (χ3v) is 4.21. The SMILES string of the molecule is C=CC(=O)N(CC(=O)N[C@@H](Cc1ccc(Cl)cc1)B(O)O)c1ccccc1F. The number of halogens is 2. The molecule has 0 aliphatic heterocycles. The van der Waals surface area contributed by atoms with Crippen molar-refractivity contribution in [2.45, 2.75) is 12.4 Å². The normalized spacial score (nSPS) is 11.4. The third-order valence-electron chi connectivity index (χ3n) is 3.96. The Balaban J connectivity index is 2.12. The van der Waals surface area contributed by atoms with E-state index in [0.717, 1.165) is 22.6 Å². The molecule has 3 N–H and O–H groups in total. The van der Waals surface area contributed by atoms with E-state index < -0.39 is 37.2 Å². The van der Waals surface area contributed by atoms with E-state index >= 15 is 0 Å². The number of nitrogens with one attached hydrogen (secondary N) is 1. The molecule has 0 saturated heterocycles. The molecule has 2 aromatic carbocycles. The summed E-state index contributed by atoms with van der Waals surface area (Å²) in [6, 6.07) is 12.2. The Bertz CT molecular complexity index is 848. The molecule has 2 aromatic rings. The van der Waals surface area contributed by atoms with E-state index in [2.05, 4.69) is 11.9 Å². The van der Waals surface area contributed by atoms with Gasteiger partial charge >= 0.3 is 7.12 Å². The van der Waals surface area contributed by atoms with Crippen LogP contribution in [0.2, 0.25) is 5.02 Å². The molecular weight excluding hydrogens is 385 g/mol. The topological polar surface area (TPSA) is 89.9 Å². The molecule has 0 aliphatic rings. The van der Waals surface area contributed by atoms with Crippen LogP contribution in [-0.2, 0) is 16.0 Å². The zero-order valence-electron chi connectivity index (χ0n) is 14.9. The minimum Gasteiger partial charge on any atom is -0.426 e. The van der Waals surface area contributed by atoms with Crippen LogP contribution in [0.4, 0.5) is 10.1 Å². The number of para-hydroxylation sites is 1. The Hall–Kier alpha value is -2.68. The highest BCUT2D eigenvalue weighted by atomic mass is 35.5. The largest absolute Gasteiger partial charge is 0.475 e. The number of hydrogen-bond acceptors (Lipinski definition) is 4. The van der Waals surface area contributed by atoms with Crippen LogP contribution in [-0.4, -0.2) is 41.5 Å². The van der Waals surface area contributed by atoms with Crippen molar-refractivity contribution in [3.05, 3.63) is 77.6 Å². The molecule has 0 heterocycles. The molecule has 2 amide bonds. The zero-order chi connectivity index (χ0) is 20.7. The van der Waals surface area contributed by atoms with Gasteiger partial charge in [0.25, 0.3) is 5.91 Å². The molecule has 2 rings (SSSR count). The second kappa shape index (κ2) is 10.0. The highest BCUT2D eigenvalue weighted by Crippen LogP contribution is 2.19. The fourth-order valence-electron chi connectivity index (χ4n) is 2.56. The van der Waals surface area contributed by atoms with E-state index in [9.17, 15) is 24.0 Å². The molecule has 0 spiro atoms. The lowest BCUT2D eigenvalue weighted by atomic mass is 9.76. The standard InChI is InChI=1S/C19H19BClFN2O4/c1-2-19(26)24(16-6-4-3-5-15(16)22)12-18(25)23-17(20(27)28)11-13-7-9-14(21)10-8-13/h2-10,17,27-28H,1,11-12H2,(H,23,25)/t17-/m0/s1. The Labute approximate surface area is 167 Å². The summed E-state index contributed by atoms with van der Waals surface area (Å²) < 4.78 is 14.0. The molecule has 0 bridgehead atoms. The van der Waals surface area contributed by atoms with Crippen LogP contribution in [0.15, 0.2) is 61.2 Å². The molecule has 0 aliphatic carbocycles. The summed E-state index contributed by atoms with van der Waals surface area (Å²) in [5.74, 6) is -3.06. The van der Waals surface area contributed by atoms with Crippen molar-refractivity contribution < 1.29 is 24.0 Å². The van der Waals surface area contributed by atoms with Gasteiger partial charge in [0.05, 0.1) is 11.6 Å². The summed E-state index contributed by atoms with van der Waals surface area (Å²) in [5.41, 5.74) is 0.636. The molecule has 9 heteroatoms. The van der Waals surface area contributed by atoms with Gasteiger partial charge in [0.15, 0.2) is 0 Å². The van der Waals surface area contributed by atoms with Crippen LogP contribution < -0.4 is 10.2 Å². The van der Waals surface area contributed by atoms with Crippen molar-refractivity contribution in [3.63, 3.8) is 0 Å². The Morgan fingerprint density at radius 2 is 1.86 bits per heavy atom. The number of carbonyl (C=O) groups is 2. The van der Waals surface area contributed by atoms with Gasteiger partial charge in [0, 0.05) is 5.02 Å². The van der Waals surface area contributed by atoms with Crippen LogP contribution in [0.25, 0.3) is 0 Å². The smallest absolute Gasteiger partial charge is 0.426 e. The predicted molar refractivity (Wildman–Crippen MR) is 106 cm³/mol. The van der Waals surface area contributed by atoms with Crippen molar-refractivity contribution in [3.8, 4) is 0 Å². The van der Waals surface area contributed by atoms with Crippen molar-refractivity contribution in [1.82, 2.24) is 5.32 Å². The van der Waals surface area contributed by atoms with E-state index in [1.54, 1.807) is 24.3 Å². The quantitative estimate of drug-likeness (QED) is 0.462. The van der Waals surface area contributed by atoms with Gasteiger partial charge in [-0.25, -0.2) is 4.39 Å². The lowest BCUT2D eigenvalue weighted by Crippen LogP contribution is -2.51. The van der Waals surface area contributed by atoms with Gasteiger partial charge in [-0.15, -0.1) is 0 Å². The zero-order valence-corrected chi connectivity index (χ0v) is 15.6. The minimum absolute atomic E-state index is 0.0821. The van der Waals surface area contributed by atoms with E-state index in [0.29, 0.717) is 5.02 Å². The molecule has 28 heavy (non-hydrogen) atoms. The molecule has 0 saturated carbocycles. The van der Waals surface area contributed by atoms with Gasteiger partial charge in [-0.3, -0.25) is 14.5 Å². The molecule has 0 unspecified atom stereocenters. The first kappa shape index (κ1) is 21.6. The Morgan fingerprint density at radius 1 is 1.21 bits per heavy atom. The third kappa shape index (κ3) is 5.92. The number of carbonyl (C=O) groups excluding carboxylic acids is 2. The van der Waals surface area contributed by atoms with Crippen LogP contribution in [0, 0.1) is 5.82 Å². The lowest BCUT2D eigenvalue weighted by molar-refractivity contribution is -0.122. The highest BCUT2D eigenvalue weighted by Gasteiger charge is 2.27. The number of anilines is 1. The van der Waals surface area contributed by atoms with Gasteiger partial charge in [-0.2, -0.15) is 0 Å². The van der Waals surface area contributed by atoms with E-state index in [-0.39, 0.29) is 12.1 Å². The summed E-state index contributed by atoms with van der Waals surface area (Å²) in [4.78, 5) is 25.4. The molecular formula is C19H19BClFN2O4. The molecule has 0 radical (unpaired) electrons. The number of nitrogens with zero attached hydrogens (tertiary/aromatic N) is 1. The van der Waals surface area contributed by atoms with Gasteiger partial charge in [-0.1, -0.05) is 42.4 Å². The lowest BCUT2D eigenvalue weighted by Gasteiger charge is -2.24. The Kier molecular flexibility index (Phi) is 7.75. The second-order valence-corrected chi connectivity index (χ2v) is 6.43. The highest BCUT2D eigenvalue weighted by molar-refractivity contribution is 6.43. The minimum atomic E-state index is -1.84. The van der Waals surface area contributed by atoms with Crippen molar-refractivity contribution in [2.75, 3.05) is 11.4 Å². The van der Waals surface area contributed by atoms with Gasteiger partial charge in [0.2, 0.25) is 5.91 Å². The first-order valence-electron chi connectivity index (χ1n) is 8.40. The summed E-state index contributed by atoms with van der Waals surface area (Å²) in [7, 11) is -1.84. The van der Waals surface area contributed by atoms with E-state index in [4.69, 9.17) is 11.6 Å². The maximum absolute atomic E-state index is 14.0. The second-order valence-electron chi connectivity index (χ2n) is 6.00. The number of rotatable bonds is 8. The predicted octanol–water partition coefficient (Wildman–Crippen LogP) is 1.74. The number of benzene rings is 2. The maximum Gasteiger partial charge on any atom is 0.475 e. The van der Waals surface area contributed by atoms with Gasteiger partial charge in [-0.05, 0) is 42.3 Å². The fourth-order valence-corrected chi connectivity index (χ4v) is 2.69. The summed E-state index contributed by atoms with van der Waals surface area (Å²) in [6.07, 6.45) is 1.08. The van der Waals surface area contributed by atoms with Crippen LogP contribution in [0.1, 0.15) is 5.56 Å². The molecule has 0 fully saturated rings. The molecule has 1 atom stereocenters. The summed E-state index contributed by atoms with van der Waals surface area (Å²) in [6.45, 7) is 2.84. The number of amides is 2. The first-order chi connectivity index (χ1) is 13.3. The monoisotopic (exact) mass is 404 g/mol.